The first-order valence-electron chi connectivity index (χ1n) is 7.20. The minimum Gasteiger partial charge on any atom is -0.497 e. The van der Waals surface area contributed by atoms with Gasteiger partial charge in [-0.1, -0.05) is 12.1 Å². The van der Waals surface area contributed by atoms with E-state index in [4.69, 9.17) is 4.74 Å². The van der Waals surface area contributed by atoms with E-state index in [1.54, 1.807) is 30.6 Å². The van der Waals surface area contributed by atoms with Gasteiger partial charge in [0.1, 0.15) is 5.75 Å². The van der Waals surface area contributed by atoms with E-state index in [1.807, 2.05) is 24.3 Å². The van der Waals surface area contributed by atoms with Gasteiger partial charge in [0.2, 0.25) is 11.8 Å². The van der Waals surface area contributed by atoms with Crippen LogP contribution < -0.4 is 10.1 Å². The number of amides is 2. The zero-order chi connectivity index (χ0) is 16.4. The van der Waals surface area contributed by atoms with Crippen LogP contribution in [0.2, 0.25) is 0 Å². The van der Waals surface area contributed by atoms with Crippen molar-refractivity contribution < 1.29 is 14.3 Å². The van der Waals surface area contributed by atoms with Crippen molar-refractivity contribution >= 4 is 28.3 Å². The predicted molar refractivity (Wildman–Crippen MR) is 87.4 cm³/mol. The third kappa shape index (κ3) is 3.05. The van der Waals surface area contributed by atoms with Crippen molar-refractivity contribution in [2.24, 2.45) is 5.92 Å². The molecule has 0 bridgehead atoms. The Morgan fingerprint density at radius 2 is 2.30 bits per heavy atom. The third-order valence-electron chi connectivity index (χ3n) is 4.02. The summed E-state index contributed by atoms with van der Waals surface area (Å²) in [7, 11) is 3.32. The molecule has 2 unspecified atom stereocenters. The first kappa shape index (κ1) is 15.5. The van der Waals surface area contributed by atoms with Gasteiger partial charge in [0, 0.05) is 25.0 Å². The van der Waals surface area contributed by atoms with Gasteiger partial charge in [0.25, 0.3) is 0 Å². The molecular weight excluding hydrogens is 314 g/mol. The molecule has 1 aromatic heterocycles. The van der Waals surface area contributed by atoms with Gasteiger partial charge in [-0.2, -0.15) is 0 Å². The number of hydrogen-bond acceptors (Lipinski definition) is 5. The highest BCUT2D eigenvalue weighted by Crippen LogP contribution is 2.38. The number of carbonyl (C=O) groups is 2. The zero-order valence-corrected chi connectivity index (χ0v) is 13.7. The summed E-state index contributed by atoms with van der Waals surface area (Å²) in [5.41, 5.74) is 0.886. The number of aromatic nitrogens is 1. The number of nitrogens with zero attached hydrogens (tertiary/aromatic N) is 2. The summed E-state index contributed by atoms with van der Waals surface area (Å²) in [5.74, 6) is 0.0143. The lowest BCUT2D eigenvalue weighted by atomic mass is 9.93. The molecule has 2 amide bonds. The number of hydrogen-bond donors (Lipinski definition) is 1. The lowest BCUT2D eigenvalue weighted by Crippen LogP contribution is -2.30. The first-order valence-corrected chi connectivity index (χ1v) is 8.08. The highest BCUT2D eigenvalue weighted by Gasteiger charge is 2.42. The van der Waals surface area contributed by atoms with E-state index < -0.39 is 5.92 Å². The second-order valence-corrected chi connectivity index (χ2v) is 6.26. The normalized spacial score (nSPS) is 20.6. The van der Waals surface area contributed by atoms with Crippen molar-refractivity contribution in [2.75, 3.05) is 19.5 Å². The van der Waals surface area contributed by atoms with Crippen LogP contribution in [0, 0.1) is 5.92 Å². The Bertz CT molecular complexity index is 717. The molecule has 120 valence electrons. The molecule has 0 spiro atoms. The Morgan fingerprint density at radius 3 is 3.00 bits per heavy atom. The quantitative estimate of drug-likeness (QED) is 0.933. The molecule has 7 heteroatoms. The van der Waals surface area contributed by atoms with Gasteiger partial charge in [0.15, 0.2) is 5.13 Å². The van der Waals surface area contributed by atoms with Crippen LogP contribution in [0.4, 0.5) is 5.13 Å². The molecular formula is C16H17N3O3S. The van der Waals surface area contributed by atoms with Crippen LogP contribution in [0.15, 0.2) is 35.8 Å². The number of carbonyl (C=O) groups excluding carboxylic acids is 2. The van der Waals surface area contributed by atoms with E-state index in [0.29, 0.717) is 10.9 Å². The number of anilines is 1. The first-order chi connectivity index (χ1) is 11.1. The van der Waals surface area contributed by atoms with Crippen LogP contribution in [0.25, 0.3) is 0 Å². The van der Waals surface area contributed by atoms with E-state index in [2.05, 4.69) is 10.3 Å². The van der Waals surface area contributed by atoms with Crippen molar-refractivity contribution in [3.05, 3.63) is 41.4 Å². The molecule has 0 radical (unpaired) electrons. The number of rotatable bonds is 4. The monoisotopic (exact) mass is 331 g/mol. The molecule has 1 aromatic carbocycles. The maximum Gasteiger partial charge on any atom is 0.232 e. The van der Waals surface area contributed by atoms with Crippen molar-refractivity contribution in [3.8, 4) is 5.75 Å². The lowest BCUT2D eigenvalue weighted by molar-refractivity contribution is -0.127. The Kier molecular flexibility index (Phi) is 4.29. The highest BCUT2D eigenvalue weighted by atomic mass is 32.1. The van der Waals surface area contributed by atoms with Gasteiger partial charge in [-0.3, -0.25) is 9.59 Å². The average molecular weight is 331 g/mol. The van der Waals surface area contributed by atoms with Crippen LogP contribution >= 0.6 is 11.3 Å². The number of thiazole rings is 1. The van der Waals surface area contributed by atoms with Crippen molar-refractivity contribution in [1.29, 1.82) is 0 Å². The molecule has 0 saturated carbocycles. The molecule has 3 rings (SSSR count). The minimum atomic E-state index is -0.455. The van der Waals surface area contributed by atoms with E-state index >= 15 is 0 Å². The average Bonchev–Trinajstić information content (AvgIpc) is 3.16. The fourth-order valence-electron chi connectivity index (χ4n) is 2.87. The summed E-state index contributed by atoms with van der Waals surface area (Å²) in [6, 6.07) is 7.17. The highest BCUT2D eigenvalue weighted by molar-refractivity contribution is 7.13. The molecule has 0 aliphatic carbocycles. The molecule has 23 heavy (non-hydrogen) atoms. The summed E-state index contributed by atoms with van der Waals surface area (Å²) in [4.78, 5) is 30.4. The molecule has 1 fully saturated rings. The van der Waals surface area contributed by atoms with Crippen molar-refractivity contribution in [2.45, 2.75) is 12.5 Å². The van der Waals surface area contributed by atoms with Crippen LogP contribution in [-0.2, 0) is 9.59 Å². The maximum absolute atomic E-state index is 12.6. The molecule has 2 aromatic rings. The van der Waals surface area contributed by atoms with Crippen molar-refractivity contribution in [3.63, 3.8) is 0 Å². The number of likely N-dealkylation sites (tertiary alicyclic amines) is 1. The largest absolute Gasteiger partial charge is 0.497 e. The molecule has 2 heterocycles. The molecule has 1 aliphatic heterocycles. The van der Waals surface area contributed by atoms with E-state index in [1.165, 1.54) is 11.3 Å². The van der Waals surface area contributed by atoms with E-state index in [-0.39, 0.29) is 24.3 Å². The second-order valence-electron chi connectivity index (χ2n) is 5.36. The fourth-order valence-corrected chi connectivity index (χ4v) is 3.40. The maximum atomic E-state index is 12.6. The van der Waals surface area contributed by atoms with Gasteiger partial charge in [-0.25, -0.2) is 4.98 Å². The minimum absolute atomic E-state index is 0.0443. The predicted octanol–water partition coefficient (Wildman–Crippen LogP) is 2.31. The van der Waals surface area contributed by atoms with Gasteiger partial charge in [-0.05, 0) is 17.7 Å². The fraction of sp³-hybridized carbons (Fsp3) is 0.312. The standard InChI is InChI=1S/C16H17N3O3S/c1-19-13(20)9-12(15(21)18-16-17-6-7-23-16)14(19)10-4-3-5-11(8-10)22-2/h3-8,12,14H,9H2,1-2H3,(H,17,18,21). The molecule has 1 saturated heterocycles. The van der Waals surface area contributed by atoms with Crippen LogP contribution in [-0.4, -0.2) is 35.9 Å². The zero-order valence-electron chi connectivity index (χ0n) is 12.9. The molecule has 1 N–H and O–H groups in total. The summed E-state index contributed by atoms with van der Waals surface area (Å²) >= 11 is 1.35. The Morgan fingerprint density at radius 1 is 1.48 bits per heavy atom. The summed E-state index contributed by atoms with van der Waals surface area (Å²) in [6.07, 6.45) is 1.82. The van der Waals surface area contributed by atoms with Gasteiger partial charge in [-0.15, -0.1) is 11.3 Å². The number of methoxy groups -OCH3 is 1. The number of ether oxygens (including phenoxy) is 1. The SMILES string of the molecule is COc1cccc(C2C(C(=O)Nc3nccs3)CC(=O)N2C)c1. The Hall–Kier alpha value is -2.41. The summed E-state index contributed by atoms with van der Waals surface area (Å²) in [5, 5.41) is 5.13. The molecule has 1 aliphatic rings. The summed E-state index contributed by atoms with van der Waals surface area (Å²) in [6.45, 7) is 0. The second kappa shape index (κ2) is 6.37. The van der Waals surface area contributed by atoms with Gasteiger partial charge in [0.05, 0.1) is 19.1 Å². The summed E-state index contributed by atoms with van der Waals surface area (Å²) < 4.78 is 5.25. The topological polar surface area (TPSA) is 71.5 Å². The van der Waals surface area contributed by atoms with E-state index in [0.717, 1.165) is 5.56 Å². The third-order valence-corrected chi connectivity index (χ3v) is 4.71. The van der Waals surface area contributed by atoms with Crippen LogP contribution in [0.5, 0.6) is 5.75 Å². The van der Waals surface area contributed by atoms with Gasteiger partial charge < -0.3 is 15.0 Å². The van der Waals surface area contributed by atoms with Crippen molar-refractivity contribution in [1.82, 2.24) is 9.88 Å². The Balaban J connectivity index is 1.88. The van der Waals surface area contributed by atoms with Crippen LogP contribution in [0.1, 0.15) is 18.0 Å². The van der Waals surface area contributed by atoms with Gasteiger partial charge >= 0.3 is 0 Å². The lowest BCUT2D eigenvalue weighted by Gasteiger charge is -2.25. The smallest absolute Gasteiger partial charge is 0.232 e. The molecule has 6 nitrogen and oxygen atoms in total. The number of nitrogens with one attached hydrogen (secondary N) is 1. The molecule has 2 atom stereocenters. The Labute approximate surface area is 138 Å². The number of benzene rings is 1. The van der Waals surface area contributed by atoms with E-state index in [9.17, 15) is 9.59 Å². The van der Waals surface area contributed by atoms with Crippen LogP contribution in [0.3, 0.4) is 0 Å².